The fraction of sp³-hybridized carbons (Fsp3) is 0.538. The number of benzene rings is 1. The lowest BCUT2D eigenvalue weighted by Gasteiger charge is -2.32. The van der Waals surface area contributed by atoms with E-state index in [4.69, 9.17) is 0 Å². The zero-order chi connectivity index (χ0) is 10.3. The van der Waals surface area contributed by atoms with Crippen molar-refractivity contribution in [1.82, 2.24) is 5.32 Å². The molecule has 2 heteroatoms. The Balaban J connectivity index is 1.94. The highest BCUT2D eigenvalue weighted by atomic mass is 32.2. The molecule has 2 aliphatic heterocycles. The molecule has 0 saturated carbocycles. The van der Waals surface area contributed by atoms with E-state index in [1.54, 1.807) is 5.56 Å². The van der Waals surface area contributed by atoms with E-state index in [1.165, 1.54) is 42.8 Å². The molecular formula is C13H17NS. The largest absolute Gasteiger partial charge is 0.317 e. The van der Waals surface area contributed by atoms with Crippen LogP contribution in [-0.2, 0) is 6.42 Å². The summed E-state index contributed by atoms with van der Waals surface area (Å²) in [7, 11) is 0. The zero-order valence-electron chi connectivity index (χ0n) is 9.18. The van der Waals surface area contributed by atoms with Crippen LogP contribution in [0.25, 0.3) is 0 Å². The van der Waals surface area contributed by atoms with Gasteiger partial charge in [-0.25, -0.2) is 0 Å². The van der Waals surface area contributed by atoms with Gasteiger partial charge >= 0.3 is 0 Å². The van der Waals surface area contributed by atoms with Crippen LogP contribution < -0.4 is 5.32 Å². The first-order chi connectivity index (χ1) is 7.29. The molecule has 80 valence electrons. The van der Waals surface area contributed by atoms with E-state index in [0.29, 0.717) is 4.75 Å². The highest BCUT2D eigenvalue weighted by Crippen LogP contribution is 2.50. The standard InChI is InChI=1S/C13H17NS/c1-10-3-2-4-12-11(10)9-13(15-12)5-7-14-8-6-13/h2-4,14H,5-9H2,1H3. The summed E-state index contributed by atoms with van der Waals surface area (Å²) in [6.07, 6.45) is 3.94. The first-order valence-corrected chi connectivity index (χ1v) is 6.59. The van der Waals surface area contributed by atoms with Gasteiger partial charge < -0.3 is 5.32 Å². The molecule has 15 heavy (non-hydrogen) atoms. The number of rotatable bonds is 0. The summed E-state index contributed by atoms with van der Waals surface area (Å²) in [5.74, 6) is 0. The average molecular weight is 219 g/mol. The SMILES string of the molecule is Cc1cccc2c1CC1(CCNCC1)S2. The van der Waals surface area contributed by atoms with Crippen LogP contribution >= 0.6 is 11.8 Å². The first-order valence-electron chi connectivity index (χ1n) is 5.77. The van der Waals surface area contributed by atoms with Crippen molar-refractivity contribution in [1.29, 1.82) is 0 Å². The molecule has 0 aromatic heterocycles. The van der Waals surface area contributed by atoms with Gasteiger partial charge in [0.1, 0.15) is 0 Å². The van der Waals surface area contributed by atoms with E-state index in [1.807, 2.05) is 0 Å². The topological polar surface area (TPSA) is 12.0 Å². The van der Waals surface area contributed by atoms with Crippen LogP contribution in [0.15, 0.2) is 23.1 Å². The third-order valence-electron chi connectivity index (χ3n) is 3.71. The van der Waals surface area contributed by atoms with E-state index in [9.17, 15) is 0 Å². The van der Waals surface area contributed by atoms with Crippen molar-refractivity contribution in [2.24, 2.45) is 0 Å². The van der Waals surface area contributed by atoms with Crippen molar-refractivity contribution in [2.45, 2.75) is 35.8 Å². The Morgan fingerprint density at radius 1 is 1.27 bits per heavy atom. The Bertz CT molecular complexity index is 380. The summed E-state index contributed by atoms with van der Waals surface area (Å²) in [4.78, 5) is 1.54. The number of hydrogen-bond donors (Lipinski definition) is 1. The summed E-state index contributed by atoms with van der Waals surface area (Å²) >= 11 is 2.13. The van der Waals surface area contributed by atoms with Crippen LogP contribution in [-0.4, -0.2) is 17.8 Å². The molecule has 2 aliphatic rings. The molecule has 1 aromatic carbocycles. The lowest BCUT2D eigenvalue weighted by atomic mass is 9.89. The second-order valence-corrected chi connectivity index (χ2v) is 6.27. The Hall–Kier alpha value is -0.470. The molecule has 0 aliphatic carbocycles. The monoisotopic (exact) mass is 219 g/mol. The normalized spacial score (nSPS) is 23.0. The fourth-order valence-corrected chi connectivity index (χ4v) is 4.34. The quantitative estimate of drug-likeness (QED) is 0.720. The van der Waals surface area contributed by atoms with Gasteiger partial charge in [-0.15, -0.1) is 11.8 Å². The molecule has 1 aromatic rings. The second-order valence-electron chi connectivity index (χ2n) is 4.76. The van der Waals surface area contributed by atoms with Crippen LogP contribution in [0.1, 0.15) is 24.0 Å². The van der Waals surface area contributed by atoms with Crippen LogP contribution in [0.3, 0.4) is 0 Å². The number of nitrogens with one attached hydrogen (secondary N) is 1. The molecule has 1 nitrogen and oxygen atoms in total. The van der Waals surface area contributed by atoms with E-state index >= 15 is 0 Å². The molecule has 0 bridgehead atoms. The molecule has 3 rings (SSSR count). The molecule has 0 radical (unpaired) electrons. The Kier molecular flexibility index (Phi) is 2.29. The molecule has 0 amide bonds. The van der Waals surface area contributed by atoms with Crippen LogP contribution in [0.4, 0.5) is 0 Å². The Labute approximate surface area is 95.6 Å². The van der Waals surface area contributed by atoms with E-state index in [2.05, 4.69) is 42.2 Å². The van der Waals surface area contributed by atoms with Crippen molar-refractivity contribution in [3.63, 3.8) is 0 Å². The molecule has 1 saturated heterocycles. The summed E-state index contributed by atoms with van der Waals surface area (Å²) in [6, 6.07) is 6.74. The predicted octanol–water partition coefficient (Wildman–Crippen LogP) is 2.77. The summed E-state index contributed by atoms with van der Waals surface area (Å²) in [6.45, 7) is 4.64. The van der Waals surface area contributed by atoms with Crippen LogP contribution in [0.2, 0.25) is 0 Å². The van der Waals surface area contributed by atoms with E-state index in [0.717, 1.165) is 0 Å². The van der Waals surface area contributed by atoms with Gasteiger partial charge in [0.2, 0.25) is 0 Å². The smallest absolute Gasteiger partial charge is 0.0272 e. The third kappa shape index (κ3) is 1.60. The molecule has 0 atom stereocenters. The van der Waals surface area contributed by atoms with Gasteiger partial charge in [0.25, 0.3) is 0 Å². The Morgan fingerprint density at radius 2 is 2.07 bits per heavy atom. The lowest BCUT2D eigenvalue weighted by molar-refractivity contribution is 0.416. The van der Waals surface area contributed by atoms with Crippen molar-refractivity contribution in [2.75, 3.05) is 13.1 Å². The van der Waals surface area contributed by atoms with Gasteiger partial charge in [-0.3, -0.25) is 0 Å². The second kappa shape index (κ2) is 3.53. The van der Waals surface area contributed by atoms with Gasteiger partial charge in [-0.2, -0.15) is 0 Å². The minimum atomic E-state index is 0.527. The average Bonchev–Trinajstić information content (AvgIpc) is 2.59. The fourth-order valence-electron chi connectivity index (χ4n) is 2.75. The number of thioether (sulfide) groups is 1. The number of piperidine rings is 1. The minimum Gasteiger partial charge on any atom is -0.317 e. The van der Waals surface area contributed by atoms with Crippen LogP contribution in [0.5, 0.6) is 0 Å². The van der Waals surface area contributed by atoms with Gasteiger partial charge in [0.15, 0.2) is 0 Å². The number of aryl methyl sites for hydroxylation is 1. The van der Waals surface area contributed by atoms with Crippen LogP contribution in [0, 0.1) is 6.92 Å². The third-order valence-corrected chi connectivity index (χ3v) is 5.30. The lowest BCUT2D eigenvalue weighted by Crippen LogP contribution is -2.39. The van der Waals surface area contributed by atoms with Crippen molar-refractivity contribution in [3.05, 3.63) is 29.3 Å². The highest BCUT2D eigenvalue weighted by Gasteiger charge is 2.39. The first kappa shape index (κ1) is 9.73. The molecular weight excluding hydrogens is 202 g/mol. The minimum absolute atomic E-state index is 0.527. The van der Waals surface area contributed by atoms with Gasteiger partial charge in [0.05, 0.1) is 0 Å². The summed E-state index contributed by atoms with van der Waals surface area (Å²) in [5.41, 5.74) is 3.10. The van der Waals surface area contributed by atoms with E-state index in [-0.39, 0.29) is 0 Å². The summed E-state index contributed by atoms with van der Waals surface area (Å²) in [5, 5.41) is 3.46. The van der Waals surface area contributed by atoms with Gasteiger partial charge in [-0.1, -0.05) is 12.1 Å². The maximum Gasteiger partial charge on any atom is 0.0272 e. The maximum atomic E-state index is 3.46. The van der Waals surface area contributed by atoms with Crippen molar-refractivity contribution >= 4 is 11.8 Å². The van der Waals surface area contributed by atoms with Crippen molar-refractivity contribution < 1.29 is 0 Å². The van der Waals surface area contributed by atoms with Gasteiger partial charge in [0, 0.05) is 9.64 Å². The Morgan fingerprint density at radius 3 is 2.80 bits per heavy atom. The predicted molar refractivity (Wildman–Crippen MR) is 65.6 cm³/mol. The van der Waals surface area contributed by atoms with Gasteiger partial charge in [-0.05, 0) is 56.5 Å². The number of hydrogen-bond acceptors (Lipinski definition) is 2. The molecule has 2 heterocycles. The molecule has 0 unspecified atom stereocenters. The molecule has 1 spiro atoms. The summed E-state index contributed by atoms with van der Waals surface area (Å²) < 4.78 is 0.527. The van der Waals surface area contributed by atoms with E-state index < -0.39 is 0 Å². The number of fused-ring (bicyclic) bond motifs is 1. The van der Waals surface area contributed by atoms with Crippen molar-refractivity contribution in [3.8, 4) is 0 Å². The molecule has 1 N–H and O–H groups in total. The highest BCUT2D eigenvalue weighted by molar-refractivity contribution is 8.01. The molecule has 1 fully saturated rings. The zero-order valence-corrected chi connectivity index (χ0v) is 9.99. The maximum absolute atomic E-state index is 3.46.